The monoisotopic (exact) mass is 590 g/mol. The molecule has 0 bridgehead atoms. The van der Waals surface area contributed by atoms with Gasteiger partial charge in [-0.2, -0.15) is 0 Å². The molecule has 0 radical (unpaired) electrons. The lowest BCUT2D eigenvalue weighted by Crippen LogP contribution is -2.55. The van der Waals surface area contributed by atoms with Crippen LogP contribution in [0.3, 0.4) is 0 Å². The zero-order valence-electron chi connectivity index (χ0n) is 28.3. The molecule has 3 fully saturated rings. The molecule has 1 aromatic carbocycles. The second-order valence-corrected chi connectivity index (χ2v) is 16.6. The van der Waals surface area contributed by atoms with Crippen LogP contribution in [0.2, 0.25) is 0 Å². The Morgan fingerprint density at radius 3 is 2.33 bits per heavy atom. The standard InChI is InChI=1S/C39H58O4/c1-25(2)13-12-14-26(3)31-17-18-32-34-30(36(41)43-37(4,5)6)24-28-23-29(42-35(40)27-15-10-9-11-16-27)19-21-38(28,7)33(34)20-22-39(31,32)8/h9-11,15-16,24-26,29-34H,12-14,17-23H2,1-8H3/t26-,29+,30+,31-,32+,33+,34+,38+,39-/m1/s1. The first-order valence-corrected chi connectivity index (χ1v) is 17.4. The third kappa shape index (κ3) is 6.50. The minimum atomic E-state index is -0.521. The van der Waals surface area contributed by atoms with Crippen molar-refractivity contribution in [1.82, 2.24) is 0 Å². The van der Waals surface area contributed by atoms with E-state index in [1.165, 1.54) is 50.5 Å². The zero-order valence-corrected chi connectivity index (χ0v) is 28.3. The molecular formula is C39H58O4. The van der Waals surface area contributed by atoms with Crippen molar-refractivity contribution in [3.63, 3.8) is 0 Å². The third-order valence-corrected chi connectivity index (χ3v) is 12.3. The maximum atomic E-state index is 14.1. The minimum Gasteiger partial charge on any atom is -0.460 e. The van der Waals surface area contributed by atoms with E-state index >= 15 is 0 Å². The Labute approximate surface area is 261 Å². The molecular weight excluding hydrogens is 532 g/mol. The van der Waals surface area contributed by atoms with Crippen molar-refractivity contribution in [2.45, 2.75) is 131 Å². The van der Waals surface area contributed by atoms with Gasteiger partial charge in [-0.05, 0) is 118 Å². The summed E-state index contributed by atoms with van der Waals surface area (Å²) in [6, 6.07) is 9.30. The largest absolute Gasteiger partial charge is 0.460 e. The Kier molecular flexibility index (Phi) is 9.28. The molecule has 5 rings (SSSR count). The van der Waals surface area contributed by atoms with Crippen LogP contribution < -0.4 is 0 Å². The summed E-state index contributed by atoms with van der Waals surface area (Å²) < 4.78 is 12.2. The zero-order chi connectivity index (χ0) is 31.2. The number of fused-ring (bicyclic) bond motifs is 5. The molecule has 4 aliphatic carbocycles. The van der Waals surface area contributed by atoms with E-state index in [1.807, 2.05) is 51.1 Å². The summed E-state index contributed by atoms with van der Waals surface area (Å²) in [5, 5.41) is 0. The van der Waals surface area contributed by atoms with Gasteiger partial charge in [0.15, 0.2) is 0 Å². The molecule has 4 nitrogen and oxygen atoms in total. The topological polar surface area (TPSA) is 52.6 Å². The number of esters is 2. The lowest BCUT2D eigenvalue weighted by atomic mass is 9.45. The van der Waals surface area contributed by atoms with Crippen molar-refractivity contribution in [3.8, 4) is 0 Å². The molecule has 0 spiro atoms. The quantitative estimate of drug-likeness (QED) is 0.223. The molecule has 43 heavy (non-hydrogen) atoms. The Balaban J connectivity index is 1.42. The lowest BCUT2D eigenvalue weighted by Gasteiger charge is -2.60. The highest BCUT2D eigenvalue weighted by molar-refractivity contribution is 5.89. The van der Waals surface area contributed by atoms with Crippen LogP contribution in [0.25, 0.3) is 0 Å². The van der Waals surface area contributed by atoms with Crippen molar-refractivity contribution < 1.29 is 19.1 Å². The Morgan fingerprint density at radius 1 is 0.930 bits per heavy atom. The predicted octanol–water partition coefficient (Wildman–Crippen LogP) is 9.82. The highest BCUT2D eigenvalue weighted by Gasteiger charge is 2.62. The molecule has 0 saturated heterocycles. The van der Waals surface area contributed by atoms with Crippen LogP contribution in [0.5, 0.6) is 0 Å². The molecule has 4 heteroatoms. The van der Waals surface area contributed by atoms with Crippen LogP contribution in [-0.2, 0) is 14.3 Å². The van der Waals surface area contributed by atoms with Gasteiger partial charge < -0.3 is 9.47 Å². The van der Waals surface area contributed by atoms with Gasteiger partial charge in [-0.25, -0.2) is 4.79 Å². The normalized spacial score (nSPS) is 36.2. The van der Waals surface area contributed by atoms with Crippen LogP contribution in [0.1, 0.15) is 130 Å². The minimum absolute atomic E-state index is 0.0428. The number of hydrogen-bond donors (Lipinski definition) is 0. The van der Waals surface area contributed by atoms with Crippen molar-refractivity contribution >= 4 is 11.9 Å². The van der Waals surface area contributed by atoms with Gasteiger partial charge in [0.05, 0.1) is 11.5 Å². The van der Waals surface area contributed by atoms with E-state index in [9.17, 15) is 9.59 Å². The Bertz CT molecular complexity index is 1180. The molecule has 3 saturated carbocycles. The average molecular weight is 591 g/mol. The van der Waals surface area contributed by atoms with Gasteiger partial charge in [-0.15, -0.1) is 0 Å². The maximum absolute atomic E-state index is 14.1. The Hall–Kier alpha value is -2.10. The van der Waals surface area contributed by atoms with Gasteiger partial charge in [0, 0.05) is 6.42 Å². The number of carbonyl (C=O) groups excluding carboxylic acids is 2. The highest BCUT2D eigenvalue weighted by atomic mass is 16.6. The van der Waals surface area contributed by atoms with E-state index in [4.69, 9.17) is 9.47 Å². The van der Waals surface area contributed by atoms with E-state index < -0.39 is 5.60 Å². The fourth-order valence-corrected chi connectivity index (χ4v) is 10.2. The summed E-state index contributed by atoms with van der Waals surface area (Å²) in [5.74, 6) is 3.02. The SMILES string of the molecule is CC(C)CCC[C@@H](C)[C@H]1CC[C@H]2[C@@H]3[C@@H](C(=O)OC(C)(C)C)C=C4C[C@@H](OC(=O)c5ccccc5)CC[C@]4(C)[C@H]3CC[C@]12C. The fraction of sp³-hybridized carbons (Fsp3) is 0.744. The van der Waals surface area contributed by atoms with Gasteiger partial charge >= 0.3 is 11.9 Å². The smallest absolute Gasteiger partial charge is 0.338 e. The summed E-state index contributed by atoms with van der Waals surface area (Å²) in [6.45, 7) is 18.2. The van der Waals surface area contributed by atoms with Crippen LogP contribution in [0.4, 0.5) is 0 Å². The number of carbonyl (C=O) groups is 2. The molecule has 4 aliphatic rings. The first kappa shape index (κ1) is 32.3. The summed E-state index contributed by atoms with van der Waals surface area (Å²) in [6.07, 6.45) is 13.7. The maximum Gasteiger partial charge on any atom is 0.338 e. The van der Waals surface area contributed by atoms with Crippen LogP contribution in [0.15, 0.2) is 42.0 Å². The number of rotatable bonds is 8. The van der Waals surface area contributed by atoms with Gasteiger partial charge in [-0.1, -0.05) is 83.7 Å². The molecule has 9 atom stereocenters. The summed E-state index contributed by atoms with van der Waals surface area (Å²) in [7, 11) is 0. The van der Waals surface area contributed by atoms with Crippen molar-refractivity contribution in [1.29, 1.82) is 0 Å². The molecule has 0 N–H and O–H groups in total. The van der Waals surface area contributed by atoms with Crippen LogP contribution in [0, 0.1) is 52.3 Å². The van der Waals surface area contributed by atoms with Gasteiger partial charge in [0.25, 0.3) is 0 Å². The van der Waals surface area contributed by atoms with Gasteiger partial charge in [-0.3, -0.25) is 4.79 Å². The number of ether oxygens (including phenoxy) is 2. The number of hydrogen-bond acceptors (Lipinski definition) is 4. The van der Waals surface area contributed by atoms with Gasteiger partial charge in [0.1, 0.15) is 11.7 Å². The van der Waals surface area contributed by atoms with Crippen LogP contribution >= 0.6 is 0 Å². The molecule has 0 unspecified atom stereocenters. The lowest BCUT2D eigenvalue weighted by molar-refractivity contribution is -0.167. The molecule has 0 heterocycles. The van der Waals surface area contributed by atoms with Crippen molar-refractivity contribution in [2.24, 2.45) is 52.3 Å². The third-order valence-electron chi connectivity index (χ3n) is 12.3. The van der Waals surface area contributed by atoms with E-state index in [2.05, 4.69) is 40.7 Å². The second-order valence-electron chi connectivity index (χ2n) is 16.6. The van der Waals surface area contributed by atoms with Crippen LogP contribution in [-0.4, -0.2) is 23.6 Å². The van der Waals surface area contributed by atoms with Crippen molar-refractivity contribution in [3.05, 3.63) is 47.5 Å². The van der Waals surface area contributed by atoms with E-state index in [0.29, 0.717) is 23.3 Å². The van der Waals surface area contributed by atoms with E-state index in [0.717, 1.165) is 37.0 Å². The van der Waals surface area contributed by atoms with Gasteiger partial charge in [0.2, 0.25) is 0 Å². The molecule has 0 amide bonds. The predicted molar refractivity (Wildman–Crippen MR) is 173 cm³/mol. The number of benzene rings is 1. The van der Waals surface area contributed by atoms with E-state index in [1.54, 1.807) is 0 Å². The summed E-state index contributed by atoms with van der Waals surface area (Å²) in [4.78, 5) is 27.0. The second kappa shape index (κ2) is 12.4. The molecule has 0 aliphatic heterocycles. The molecule has 0 aromatic heterocycles. The first-order chi connectivity index (χ1) is 20.2. The van der Waals surface area contributed by atoms with Crippen molar-refractivity contribution in [2.75, 3.05) is 0 Å². The fourth-order valence-electron chi connectivity index (χ4n) is 10.2. The van der Waals surface area contributed by atoms with E-state index in [-0.39, 0.29) is 34.8 Å². The molecule has 1 aromatic rings. The Morgan fingerprint density at radius 2 is 1.65 bits per heavy atom. The average Bonchev–Trinajstić information content (AvgIpc) is 3.29. The summed E-state index contributed by atoms with van der Waals surface area (Å²) in [5.41, 5.74) is 1.72. The highest BCUT2D eigenvalue weighted by Crippen LogP contribution is 2.68. The first-order valence-electron chi connectivity index (χ1n) is 17.4. The summed E-state index contributed by atoms with van der Waals surface area (Å²) >= 11 is 0. The molecule has 238 valence electrons.